The van der Waals surface area contributed by atoms with Gasteiger partial charge in [0.1, 0.15) is 5.60 Å². The van der Waals surface area contributed by atoms with Gasteiger partial charge in [-0.25, -0.2) is 4.79 Å². The second-order valence-corrected chi connectivity index (χ2v) is 7.67. The number of hydrogen-bond donors (Lipinski definition) is 2. The third-order valence-electron chi connectivity index (χ3n) is 4.26. The molecule has 7 nitrogen and oxygen atoms in total. The van der Waals surface area contributed by atoms with Gasteiger partial charge in [0, 0.05) is 18.9 Å². The van der Waals surface area contributed by atoms with Gasteiger partial charge in [0.05, 0.1) is 19.1 Å². The summed E-state index contributed by atoms with van der Waals surface area (Å²) in [5.41, 5.74) is -0.612. The third kappa shape index (κ3) is 7.06. The van der Waals surface area contributed by atoms with Gasteiger partial charge in [-0.1, -0.05) is 19.1 Å². The first-order valence-corrected chi connectivity index (χ1v) is 9.08. The van der Waals surface area contributed by atoms with E-state index in [0.717, 1.165) is 6.42 Å². The van der Waals surface area contributed by atoms with Crippen molar-refractivity contribution in [1.82, 2.24) is 10.6 Å². The van der Waals surface area contributed by atoms with Crippen LogP contribution in [0.3, 0.4) is 0 Å². The number of hydrogen-bond acceptors (Lipinski definition) is 5. The van der Waals surface area contributed by atoms with Crippen LogP contribution >= 0.6 is 0 Å². The van der Waals surface area contributed by atoms with E-state index in [1.54, 1.807) is 20.8 Å². The molecular formula is C19H32N2O5. The Morgan fingerprint density at radius 1 is 1.23 bits per heavy atom. The lowest BCUT2D eigenvalue weighted by Crippen LogP contribution is -2.48. The fourth-order valence-corrected chi connectivity index (χ4v) is 3.27. The van der Waals surface area contributed by atoms with Crippen LogP contribution in [0.2, 0.25) is 0 Å². The van der Waals surface area contributed by atoms with E-state index in [0.29, 0.717) is 12.8 Å². The molecule has 0 aliphatic heterocycles. The van der Waals surface area contributed by atoms with E-state index < -0.39 is 11.7 Å². The Kier molecular flexibility index (Phi) is 8.11. The summed E-state index contributed by atoms with van der Waals surface area (Å²) in [6.45, 7) is 8.83. The Labute approximate surface area is 155 Å². The number of rotatable bonds is 6. The number of carbonyl (C=O) groups is 3. The molecule has 1 saturated carbocycles. The van der Waals surface area contributed by atoms with Crippen molar-refractivity contribution in [2.75, 3.05) is 7.11 Å². The Balaban J connectivity index is 2.99. The monoisotopic (exact) mass is 368 g/mol. The first-order chi connectivity index (χ1) is 12.1. The van der Waals surface area contributed by atoms with Crippen LogP contribution in [-0.4, -0.2) is 42.8 Å². The summed E-state index contributed by atoms with van der Waals surface area (Å²) in [6, 6.07) is -0.575. The largest absolute Gasteiger partial charge is 0.469 e. The molecule has 1 aliphatic carbocycles. The van der Waals surface area contributed by atoms with E-state index >= 15 is 0 Å². The second-order valence-electron chi connectivity index (χ2n) is 7.67. The van der Waals surface area contributed by atoms with Gasteiger partial charge in [-0.05, 0) is 40.0 Å². The molecule has 2 amide bonds. The van der Waals surface area contributed by atoms with E-state index in [-0.39, 0.29) is 35.8 Å². The zero-order valence-corrected chi connectivity index (χ0v) is 16.6. The quantitative estimate of drug-likeness (QED) is 0.555. The van der Waals surface area contributed by atoms with Crippen molar-refractivity contribution in [1.29, 1.82) is 0 Å². The number of esters is 1. The number of nitrogens with one attached hydrogen (secondary N) is 2. The van der Waals surface area contributed by atoms with E-state index in [4.69, 9.17) is 9.47 Å². The number of ether oxygens (including phenoxy) is 2. The van der Waals surface area contributed by atoms with Crippen molar-refractivity contribution >= 4 is 18.0 Å². The van der Waals surface area contributed by atoms with E-state index in [9.17, 15) is 14.4 Å². The van der Waals surface area contributed by atoms with Crippen molar-refractivity contribution in [3.63, 3.8) is 0 Å². The summed E-state index contributed by atoms with van der Waals surface area (Å²) in [4.78, 5) is 35.8. The zero-order chi connectivity index (χ0) is 19.9. The van der Waals surface area contributed by atoms with Crippen LogP contribution in [0.5, 0.6) is 0 Å². The highest BCUT2D eigenvalue weighted by Gasteiger charge is 2.43. The normalized spacial score (nSPS) is 24.2. The van der Waals surface area contributed by atoms with Gasteiger partial charge < -0.3 is 20.1 Å². The summed E-state index contributed by atoms with van der Waals surface area (Å²) in [5.74, 6) is -0.910. The average Bonchev–Trinajstić information content (AvgIpc) is 2.92. The van der Waals surface area contributed by atoms with Crippen molar-refractivity contribution in [2.24, 2.45) is 11.8 Å². The SMILES string of the molecule is CCC=CC(NC(C)=O)C1CC(C(=O)OC)CC1NC(=O)OC(C)(C)C. The van der Waals surface area contributed by atoms with Gasteiger partial charge in [0.15, 0.2) is 0 Å². The summed E-state index contributed by atoms with van der Waals surface area (Å²) in [7, 11) is 1.36. The number of allylic oxidation sites excluding steroid dienone is 1. The smallest absolute Gasteiger partial charge is 0.407 e. The van der Waals surface area contributed by atoms with Gasteiger partial charge in [-0.3, -0.25) is 9.59 Å². The van der Waals surface area contributed by atoms with Crippen LogP contribution in [0.25, 0.3) is 0 Å². The lowest BCUT2D eigenvalue weighted by molar-refractivity contribution is -0.145. The summed E-state index contributed by atoms with van der Waals surface area (Å²) >= 11 is 0. The molecule has 0 radical (unpaired) electrons. The number of amides is 2. The minimum Gasteiger partial charge on any atom is -0.469 e. The minimum absolute atomic E-state index is 0.127. The van der Waals surface area contributed by atoms with Gasteiger partial charge >= 0.3 is 12.1 Å². The van der Waals surface area contributed by atoms with Crippen LogP contribution in [0.4, 0.5) is 4.79 Å². The van der Waals surface area contributed by atoms with Crippen molar-refractivity contribution < 1.29 is 23.9 Å². The second kappa shape index (κ2) is 9.59. The van der Waals surface area contributed by atoms with E-state index in [1.165, 1.54) is 14.0 Å². The molecule has 0 aromatic carbocycles. The fourth-order valence-electron chi connectivity index (χ4n) is 3.27. The van der Waals surface area contributed by atoms with Crippen molar-refractivity contribution in [3.05, 3.63) is 12.2 Å². The lowest BCUT2D eigenvalue weighted by Gasteiger charge is -2.29. The topological polar surface area (TPSA) is 93.7 Å². The van der Waals surface area contributed by atoms with Gasteiger partial charge in [-0.2, -0.15) is 0 Å². The van der Waals surface area contributed by atoms with Crippen LogP contribution in [0.15, 0.2) is 12.2 Å². The highest BCUT2D eigenvalue weighted by atomic mass is 16.6. The molecule has 0 aromatic rings. The van der Waals surface area contributed by atoms with Gasteiger partial charge in [-0.15, -0.1) is 0 Å². The highest BCUT2D eigenvalue weighted by molar-refractivity contribution is 5.75. The maximum Gasteiger partial charge on any atom is 0.407 e. The summed E-state index contributed by atoms with van der Waals surface area (Å²) in [6.07, 6.45) is 5.16. The predicted molar refractivity (Wildman–Crippen MR) is 98.4 cm³/mol. The summed E-state index contributed by atoms with van der Waals surface area (Å²) in [5, 5.41) is 5.79. The molecule has 2 N–H and O–H groups in total. The average molecular weight is 368 g/mol. The number of carbonyl (C=O) groups excluding carboxylic acids is 3. The molecule has 0 bridgehead atoms. The Bertz CT molecular complexity index is 539. The van der Waals surface area contributed by atoms with Gasteiger partial charge in [0.2, 0.25) is 5.91 Å². The molecule has 0 aromatic heterocycles. The fraction of sp³-hybridized carbons (Fsp3) is 0.737. The molecule has 4 unspecified atom stereocenters. The maximum atomic E-state index is 12.2. The number of methoxy groups -OCH3 is 1. The van der Waals surface area contributed by atoms with E-state index in [1.807, 2.05) is 19.1 Å². The molecule has 7 heteroatoms. The molecule has 1 fully saturated rings. The van der Waals surface area contributed by atoms with Crippen LogP contribution in [-0.2, 0) is 19.1 Å². The first kappa shape index (κ1) is 22.0. The maximum absolute atomic E-state index is 12.2. The molecule has 1 rings (SSSR count). The van der Waals surface area contributed by atoms with Crippen LogP contribution in [0.1, 0.15) is 53.9 Å². The third-order valence-corrected chi connectivity index (χ3v) is 4.26. The van der Waals surface area contributed by atoms with E-state index in [2.05, 4.69) is 10.6 Å². The first-order valence-electron chi connectivity index (χ1n) is 9.08. The minimum atomic E-state index is -0.612. The molecule has 26 heavy (non-hydrogen) atoms. The molecule has 4 atom stereocenters. The zero-order valence-electron chi connectivity index (χ0n) is 16.6. The van der Waals surface area contributed by atoms with Gasteiger partial charge in [0.25, 0.3) is 0 Å². The number of alkyl carbamates (subject to hydrolysis) is 1. The predicted octanol–water partition coefficient (Wildman–Crippen LogP) is 2.55. The van der Waals surface area contributed by atoms with Crippen LogP contribution < -0.4 is 10.6 Å². The Morgan fingerprint density at radius 3 is 2.38 bits per heavy atom. The molecule has 0 heterocycles. The summed E-state index contributed by atoms with van der Waals surface area (Å²) < 4.78 is 10.2. The standard InChI is InChI=1S/C19H32N2O5/c1-7-8-9-15(20-12(2)22)14-10-13(17(23)25-6)11-16(14)21-18(24)26-19(3,4)5/h8-9,13-16H,7,10-11H2,1-6H3,(H,20,22)(H,21,24). The Morgan fingerprint density at radius 2 is 1.88 bits per heavy atom. The molecule has 148 valence electrons. The molecule has 0 spiro atoms. The van der Waals surface area contributed by atoms with Crippen molar-refractivity contribution in [2.45, 2.75) is 71.6 Å². The highest BCUT2D eigenvalue weighted by Crippen LogP contribution is 2.35. The molecular weight excluding hydrogens is 336 g/mol. The molecule has 0 saturated heterocycles. The van der Waals surface area contributed by atoms with Crippen LogP contribution in [0, 0.1) is 11.8 Å². The van der Waals surface area contributed by atoms with Crippen molar-refractivity contribution in [3.8, 4) is 0 Å². The Hall–Kier alpha value is -2.05. The lowest BCUT2D eigenvalue weighted by atomic mass is 9.93. The molecule has 1 aliphatic rings.